The number of alkyl halides is 1. The summed E-state index contributed by atoms with van der Waals surface area (Å²) in [6.45, 7) is 0.246. The van der Waals surface area contributed by atoms with Gasteiger partial charge in [0, 0.05) is 6.42 Å². The molecule has 0 radical (unpaired) electrons. The van der Waals surface area contributed by atoms with Crippen molar-refractivity contribution < 1.29 is 14.3 Å². The summed E-state index contributed by atoms with van der Waals surface area (Å²) in [7, 11) is 0. The topological polar surface area (TPSA) is 89.3 Å². The molecule has 0 bridgehead atoms. The molecule has 0 spiro atoms. The molecule has 0 saturated carbocycles. The molecule has 0 aliphatic rings. The number of rotatable bonds is 4. The van der Waals surface area contributed by atoms with Crippen molar-refractivity contribution in [1.82, 2.24) is 0 Å². The zero-order valence-corrected chi connectivity index (χ0v) is 5.51. The van der Waals surface area contributed by atoms with E-state index in [-0.39, 0.29) is 19.4 Å². The smallest absolute Gasteiger partial charge is 0.356 e. The third-order valence-electron chi connectivity index (χ3n) is 1.10. The first-order chi connectivity index (χ1) is 4.50. The maximum atomic E-state index is 12.5. The van der Waals surface area contributed by atoms with Gasteiger partial charge in [0.05, 0.1) is 0 Å². The van der Waals surface area contributed by atoms with Crippen LogP contribution in [0.5, 0.6) is 0 Å². The van der Waals surface area contributed by atoms with Gasteiger partial charge in [0.1, 0.15) is 0 Å². The minimum atomic E-state index is -2.61. The lowest BCUT2D eigenvalue weighted by Crippen LogP contribution is -2.43. The highest BCUT2D eigenvalue weighted by atomic mass is 19.1. The Kier molecular flexibility index (Phi) is 3.24. The van der Waals surface area contributed by atoms with Crippen LogP contribution in [0.1, 0.15) is 12.8 Å². The monoisotopic (exact) mass is 150 g/mol. The molecule has 0 aromatic carbocycles. The van der Waals surface area contributed by atoms with Crippen molar-refractivity contribution in [2.24, 2.45) is 11.5 Å². The lowest BCUT2D eigenvalue weighted by atomic mass is 10.1. The molecule has 1 unspecified atom stereocenters. The molecule has 10 heavy (non-hydrogen) atoms. The van der Waals surface area contributed by atoms with E-state index in [2.05, 4.69) is 0 Å². The van der Waals surface area contributed by atoms with Crippen LogP contribution in [-0.2, 0) is 4.79 Å². The second kappa shape index (κ2) is 3.48. The van der Waals surface area contributed by atoms with Crippen LogP contribution in [0.2, 0.25) is 0 Å². The molecule has 0 amide bonds. The average molecular weight is 150 g/mol. The molecule has 0 saturated heterocycles. The van der Waals surface area contributed by atoms with E-state index in [0.29, 0.717) is 0 Å². The quantitative estimate of drug-likeness (QED) is 0.468. The Bertz CT molecular complexity index is 127. The number of carboxylic acids is 1. The largest absolute Gasteiger partial charge is 0.478 e. The van der Waals surface area contributed by atoms with E-state index in [4.69, 9.17) is 16.6 Å². The molecule has 0 heterocycles. The molecule has 1 atom stereocenters. The van der Waals surface area contributed by atoms with Crippen molar-refractivity contribution in [2.45, 2.75) is 18.6 Å². The van der Waals surface area contributed by atoms with E-state index in [1.807, 2.05) is 0 Å². The van der Waals surface area contributed by atoms with Gasteiger partial charge in [-0.3, -0.25) is 5.73 Å². The van der Waals surface area contributed by atoms with Crippen LogP contribution in [0.25, 0.3) is 0 Å². The molecule has 5 N–H and O–H groups in total. The van der Waals surface area contributed by atoms with Gasteiger partial charge in [-0.25, -0.2) is 9.18 Å². The Labute approximate surface area is 58.0 Å². The third-order valence-corrected chi connectivity index (χ3v) is 1.10. The van der Waals surface area contributed by atoms with Gasteiger partial charge in [0.25, 0.3) is 5.79 Å². The van der Waals surface area contributed by atoms with Crippen LogP contribution in [0, 0.1) is 0 Å². The van der Waals surface area contributed by atoms with Gasteiger partial charge in [-0.15, -0.1) is 0 Å². The summed E-state index contributed by atoms with van der Waals surface area (Å²) >= 11 is 0. The molecule has 0 aromatic rings. The third kappa shape index (κ3) is 2.75. The molecule has 0 fully saturated rings. The second-order valence-electron chi connectivity index (χ2n) is 2.06. The number of aliphatic carboxylic acids is 1. The summed E-state index contributed by atoms with van der Waals surface area (Å²) in [5.41, 5.74) is 9.74. The summed E-state index contributed by atoms with van der Waals surface area (Å²) in [6.07, 6.45) is 0.0398. The fourth-order valence-electron chi connectivity index (χ4n) is 0.466. The van der Waals surface area contributed by atoms with E-state index < -0.39 is 11.8 Å². The fourth-order valence-corrected chi connectivity index (χ4v) is 0.466. The maximum Gasteiger partial charge on any atom is 0.356 e. The highest BCUT2D eigenvalue weighted by Crippen LogP contribution is 2.10. The number of carbonyl (C=O) groups is 1. The zero-order valence-electron chi connectivity index (χ0n) is 5.51. The highest BCUT2D eigenvalue weighted by Gasteiger charge is 2.32. The van der Waals surface area contributed by atoms with Gasteiger partial charge in [-0.2, -0.15) is 0 Å². The van der Waals surface area contributed by atoms with Crippen LogP contribution in [0.4, 0.5) is 4.39 Å². The second-order valence-corrected chi connectivity index (χ2v) is 2.06. The van der Waals surface area contributed by atoms with E-state index in [1.54, 1.807) is 0 Å². The predicted molar refractivity (Wildman–Crippen MR) is 34.0 cm³/mol. The predicted octanol–water partition coefficient (Wildman–Crippen LogP) is -0.566. The van der Waals surface area contributed by atoms with Crippen LogP contribution >= 0.6 is 0 Å². The van der Waals surface area contributed by atoms with Crippen molar-refractivity contribution >= 4 is 5.97 Å². The molecule has 5 heteroatoms. The Balaban J connectivity index is 3.75. The molecule has 60 valence electrons. The zero-order chi connectivity index (χ0) is 8.20. The van der Waals surface area contributed by atoms with E-state index in [9.17, 15) is 9.18 Å². The summed E-state index contributed by atoms with van der Waals surface area (Å²) < 4.78 is 12.5. The summed E-state index contributed by atoms with van der Waals surface area (Å²) in [6, 6.07) is 0. The van der Waals surface area contributed by atoms with E-state index >= 15 is 0 Å². The Morgan fingerprint density at radius 2 is 2.20 bits per heavy atom. The first-order valence-electron chi connectivity index (χ1n) is 2.92. The fraction of sp³-hybridized carbons (Fsp3) is 0.800. The summed E-state index contributed by atoms with van der Waals surface area (Å²) in [5, 5.41) is 8.13. The minimum absolute atomic E-state index is 0.237. The van der Waals surface area contributed by atoms with Crippen molar-refractivity contribution in [1.29, 1.82) is 0 Å². The molecule has 0 rings (SSSR count). The van der Waals surface area contributed by atoms with Crippen LogP contribution < -0.4 is 11.5 Å². The first-order valence-corrected chi connectivity index (χ1v) is 2.92. The Morgan fingerprint density at radius 3 is 2.50 bits per heavy atom. The minimum Gasteiger partial charge on any atom is -0.478 e. The Hall–Kier alpha value is -0.680. The lowest BCUT2D eigenvalue weighted by molar-refractivity contribution is -0.151. The molecule has 0 aliphatic heterocycles. The summed E-state index contributed by atoms with van der Waals surface area (Å²) in [5.74, 6) is -4.25. The number of halogens is 1. The molecule has 0 aliphatic carbocycles. The Morgan fingerprint density at radius 1 is 1.70 bits per heavy atom. The van der Waals surface area contributed by atoms with Gasteiger partial charge in [0.2, 0.25) is 0 Å². The van der Waals surface area contributed by atoms with Gasteiger partial charge in [-0.1, -0.05) is 0 Å². The number of carboxylic acid groups (broad SMARTS) is 1. The molecular formula is C5H11FN2O2. The van der Waals surface area contributed by atoms with Gasteiger partial charge in [0.15, 0.2) is 0 Å². The van der Waals surface area contributed by atoms with Gasteiger partial charge in [-0.05, 0) is 13.0 Å². The van der Waals surface area contributed by atoms with Crippen molar-refractivity contribution in [3.05, 3.63) is 0 Å². The van der Waals surface area contributed by atoms with Gasteiger partial charge < -0.3 is 10.8 Å². The maximum absolute atomic E-state index is 12.5. The number of hydrogen-bond acceptors (Lipinski definition) is 3. The SMILES string of the molecule is NCCCC(N)(F)C(=O)O. The highest BCUT2D eigenvalue weighted by molar-refractivity contribution is 5.76. The first kappa shape index (κ1) is 9.32. The molecular weight excluding hydrogens is 139 g/mol. The standard InChI is InChI=1S/C5H11FN2O2/c6-5(8,4(9)10)2-1-3-7/h1-3,7-8H2,(H,9,10). The van der Waals surface area contributed by atoms with E-state index in [1.165, 1.54) is 0 Å². The normalized spacial score (nSPS) is 16.3. The van der Waals surface area contributed by atoms with Crippen LogP contribution in [0.15, 0.2) is 0 Å². The average Bonchev–Trinajstić information content (AvgIpc) is 1.84. The summed E-state index contributed by atoms with van der Waals surface area (Å²) in [4.78, 5) is 9.99. The van der Waals surface area contributed by atoms with Crippen molar-refractivity contribution in [2.75, 3.05) is 6.54 Å². The van der Waals surface area contributed by atoms with Gasteiger partial charge >= 0.3 is 5.97 Å². The van der Waals surface area contributed by atoms with Crippen LogP contribution in [-0.4, -0.2) is 23.4 Å². The van der Waals surface area contributed by atoms with E-state index in [0.717, 1.165) is 0 Å². The molecule has 0 aromatic heterocycles. The van der Waals surface area contributed by atoms with Crippen molar-refractivity contribution in [3.63, 3.8) is 0 Å². The van der Waals surface area contributed by atoms with Crippen molar-refractivity contribution in [3.8, 4) is 0 Å². The van der Waals surface area contributed by atoms with Crippen LogP contribution in [0.3, 0.4) is 0 Å². The number of nitrogens with two attached hydrogens (primary N) is 2. The number of hydrogen-bond donors (Lipinski definition) is 3. The lowest BCUT2D eigenvalue weighted by Gasteiger charge is -2.12. The molecule has 4 nitrogen and oxygen atoms in total.